The van der Waals surface area contributed by atoms with E-state index in [9.17, 15) is 0 Å². The number of rotatable bonds is 13. The Morgan fingerprint density at radius 2 is 1.40 bits per heavy atom. The van der Waals surface area contributed by atoms with Crippen molar-refractivity contribution in [2.24, 2.45) is 0 Å². The summed E-state index contributed by atoms with van der Waals surface area (Å²) in [5, 5.41) is 1.50. The summed E-state index contributed by atoms with van der Waals surface area (Å²) >= 11 is 6.42. The van der Waals surface area contributed by atoms with Crippen LogP contribution in [0.5, 0.6) is 11.5 Å². The van der Waals surface area contributed by atoms with Crippen LogP contribution in [-0.4, -0.2) is 61.7 Å². The third-order valence-corrected chi connectivity index (χ3v) is 7.10. The molecule has 0 saturated carbocycles. The molecule has 0 amide bonds. The molecule has 30 heavy (non-hydrogen) atoms. The van der Waals surface area contributed by atoms with E-state index in [0.717, 1.165) is 26.8 Å². The number of benzene rings is 2. The van der Waals surface area contributed by atoms with E-state index < -0.39 is 0 Å². The van der Waals surface area contributed by atoms with Crippen LogP contribution in [0.15, 0.2) is 42.5 Å². The predicted molar refractivity (Wildman–Crippen MR) is 122 cm³/mol. The van der Waals surface area contributed by atoms with Crippen LogP contribution in [0.4, 0.5) is 0 Å². The first-order valence-corrected chi connectivity index (χ1v) is 12.3. The van der Waals surface area contributed by atoms with Crippen LogP contribution in [0.3, 0.4) is 0 Å². The molecular formula is C23H31ClO5Se. The summed E-state index contributed by atoms with van der Waals surface area (Å²) < 4.78 is 29.6. The SMILES string of the molecule is COC[C@@H](C)Oc1cccc(O[C@H](C)COC)c1[Se]CC(OC)c1ccccc1Cl. The van der Waals surface area contributed by atoms with E-state index in [1.165, 1.54) is 0 Å². The van der Waals surface area contributed by atoms with Gasteiger partial charge in [0.2, 0.25) is 0 Å². The zero-order chi connectivity index (χ0) is 21.9. The van der Waals surface area contributed by atoms with E-state index in [1.54, 1.807) is 21.3 Å². The van der Waals surface area contributed by atoms with E-state index in [-0.39, 0.29) is 33.3 Å². The summed E-state index contributed by atoms with van der Waals surface area (Å²) in [5.74, 6) is 1.63. The second-order valence-corrected chi connectivity index (χ2v) is 9.48. The van der Waals surface area contributed by atoms with Crippen molar-refractivity contribution in [3.05, 3.63) is 53.1 Å². The quantitative estimate of drug-likeness (QED) is 0.383. The predicted octanol–water partition coefficient (Wildman–Crippen LogP) is 4.30. The molecule has 3 atom stereocenters. The minimum atomic E-state index is -0.104. The normalized spacial score (nSPS) is 14.2. The van der Waals surface area contributed by atoms with Crippen LogP contribution >= 0.6 is 11.6 Å². The van der Waals surface area contributed by atoms with Crippen LogP contribution < -0.4 is 13.9 Å². The molecule has 0 N–H and O–H groups in total. The van der Waals surface area contributed by atoms with Gasteiger partial charge in [-0.05, 0) is 0 Å². The molecule has 0 radical (unpaired) electrons. The molecule has 0 aliphatic heterocycles. The molecule has 0 heterocycles. The molecule has 166 valence electrons. The van der Waals surface area contributed by atoms with Gasteiger partial charge in [-0.15, -0.1) is 0 Å². The number of halogens is 1. The Morgan fingerprint density at radius 3 is 1.90 bits per heavy atom. The summed E-state index contributed by atoms with van der Waals surface area (Å²) in [4.78, 5) is 0. The molecule has 0 bridgehead atoms. The molecule has 2 aromatic rings. The molecule has 0 spiro atoms. The third kappa shape index (κ3) is 7.45. The Hall–Kier alpha value is -1.27. The Bertz CT molecular complexity index is 741. The van der Waals surface area contributed by atoms with Gasteiger partial charge in [0.05, 0.1) is 0 Å². The van der Waals surface area contributed by atoms with Gasteiger partial charge in [0, 0.05) is 0 Å². The fourth-order valence-corrected chi connectivity index (χ4v) is 5.65. The van der Waals surface area contributed by atoms with E-state index in [1.807, 2.05) is 56.3 Å². The van der Waals surface area contributed by atoms with Gasteiger partial charge in [0.15, 0.2) is 0 Å². The summed E-state index contributed by atoms with van der Waals surface area (Å²) in [7, 11) is 5.05. The fraction of sp³-hybridized carbons (Fsp3) is 0.478. The number of hydrogen-bond donors (Lipinski definition) is 0. The van der Waals surface area contributed by atoms with Gasteiger partial charge in [0.1, 0.15) is 0 Å². The standard InChI is InChI=1S/C23H31ClO5Se/c1-16(13-25-3)28-20-11-8-12-21(29-17(2)14-26-4)23(20)30-15-22(27-5)18-9-6-7-10-19(18)24/h6-12,16-17,22H,13-15H2,1-5H3/t16-,17-,22?/m1/s1. The molecule has 1 unspecified atom stereocenters. The van der Waals surface area contributed by atoms with Gasteiger partial charge in [-0.1, -0.05) is 0 Å². The second kappa shape index (κ2) is 13.2. The average molecular weight is 502 g/mol. The summed E-state index contributed by atoms with van der Waals surface area (Å²) in [6, 6.07) is 13.7. The minimum absolute atomic E-state index is 0.0192. The zero-order valence-corrected chi connectivity index (χ0v) is 20.7. The molecule has 0 aliphatic carbocycles. The molecule has 5 nitrogen and oxygen atoms in total. The van der Waals surface area contributed by atoms with Crippen molar-refractivity contribution in [2.45, 2.75) is 37.5 Å². The maximum atomic E-state index is 6.40. The van der Waals surface area contributed by atoms with Crippen molar-refractivity contribution in [3.8, 4) is 11.5 Å². The van der Waals surface area contributed by atoms with Crippen LogP contribution in [0.25, 0.3) is 0 Å². The van der Waals surface area contributed by atoms with Crippen molar-refractivity contribution in [1.82, 2.24) is 0 Å². The fourth-order valence-electron chi connectivity index (χ4n) is 2.97. The Balaban J connectivity index is 2.27. The Labute approximate surface area is 191 Å². The first-order chi connectivity index (χ1) is 14.5. The van der Waals surface area contributed by atoms with E-state index >= 15 is 0 Å². The first-order valence-electron chi connectivity index (χ1n) is 9.84. The number of methoxy groups -OCH3 is 3. The van der Waals surface area contributed by atoms with Crippen molar-refractivity contribution in [3.63, 3.8) is 0 Å². The van der Waals surface area contributed by atoms with Crippen LogP contribution in [0, 0.1) is 0 Å². The van der Waals surface area contributed by atoms with Gasteiger partial charge in [-0.3, -0.25) is 0 Å². The zero-order valence-electron chi connectivity index (χ0n) is 18.2. The number of ether oxygens (including phenoxy) is 5. The summed E-state index contributed by atoms with van der Waals surface area (Å²) in [5.41, 5.74) is 0.991. The molecule has 7 heteroatoms. The van der Waals surface area contributed by atoms with E-state index in [0.29, 0.717) is 18.2 Å². The van der Waals surface area contributed by atoms with Gasteiger partial charge >= 0.3 is 191 Å². The summed E-state index contributed by atoms with van der Waals surface area (Å²) in [6.07, 6.45) is -0.247. The molecule has 2 aromatic carbocycles. The molecular weight excluding hydrogens is 471 g/mol. The monoisotopic (exact) mass is 502 g/mol. The van der Waals surface area contributed by atoms with Crippen LogP contribution in [0.2, 0.25) is 10.3 Å². The summed E-state index contributed by atoms with van der Waals surface area (Å²) in [6.45, 7) is 5.00. The maximum absolute atomic E-state index is 6.40. The molecule has 0 fully saturated rings. The van der Waals surface area contributed by atoms with Crippen molar-refractivity contribution < 1.29 is 23.7 Å². The second-order valence-electron chi connectivity index (χ2n) is 6.91. The molecule has 2 rings (SSSR count). The average Bonchev–Trinajstić information content (AvgIpc) is 2.71. The van der Waals surface area contributed by atoms with E-state index in [2.05, 4.69) is 0 Å². The first kappa shape index (κ1) is 25.0. The topological polar surface area (TPSA) is 46.2 Å². The van der Waals surface area contributed by atoms with Gasteiger partial charge in [-0.25, -0.2) is 0 Å². The van der Waals surface area contributed by atoms with Crippen molar-refractivity contribution in [1.29, 1.82) is 0 Å². The molecule has 0 saturated heterocycles. The van der Waals surface area contributed by atoms with Gasteiger partial charge in [-0.2, -0.15) is 0 Å². The van der Waals surface area contributed by atoms with Crippen LogP contribution in [-0.2, 0) is 14.2 Å². The molecule has 0 aliphatic rings. The van der Waals surface area contributed by atoms with Crippen molar-refractivity contribution >= 4 is 31.0 Å². The Kier molecular flexibility index (Phi) is 11.0. The van der Waals surface area contributed by atoms with E-state index in [4.69, 9.17) is 35.3 Å². The Morgan fingerprint density at radius 1 is 0.833 bits per heavy atom. The van der Waals surface area contributed by atoms with Gasteiger partial charge < -0.3 is 0 Å². The van der Waals surface area contributed by atoms with Gasteiger partial charge in [0.25, 0.3) is 0 Å². The van der Waals surface area contributed by atoms with Crippen LogP contribution in [0.1, 0.15) is 25.5 Å². The number of hydrogen-bond acceptors (Lipinski definition) is 5. The molecule has 0 aromatic heterocycles. The third-order valence-electron chi connectivity index (χ3n) is 4.32. The van der Waals surface area contributed by atoms with Crippen molar-refractivity contribution in [2.75, 3.05) is 34.5 Å².